The summed E-state index contributed by atoms with van der Waals surface area (Å²) in [5.74, 6) is -0.552. The summed E-state index contributed by atoms with van der Waals surface area (Å²) in [6.07, 6.45) is 0.897. The van der Waals surface area contributed by atoms with Crippen LogP contribution in [-0.4, -0.2) is 20.4 Å². The predicted molar refractivity (Wildman–Crippen MR) is 144 cm³/mol. The number of sulfonamides is 1. The second-order valence-electron chi connectivity index (χ2n) is 8.70. The molecule has 0 aliphatic heterocycles. The van der Waals surface area contributed by atoms with E-state index in [0.29, 0.717) is 18.4 Å². The third-order valence-electron chi connectivity index (χ3n) is 5.95. The monoisotopic (exact) mass is 498 g/mol. The number of hydrogen-bond acceptors (Lipinski definition) is 3. The summed E-state index contributed by atoms with van der Waals surface area (Å²) in [4.78, 5) is 13.6. The first-order valence-electron chi connectivity index (χ1n) is 12.0. The molecule has 4 aromatic rings. The van der Waals surface area contributed by atoms with Crippen molar-refractivity contribution in [2.24, 2.45) is 0 Å². The van der Waals surface area contributed by atoms with E-state index in [1.54, 1.807) is 24.3 Å². The van der Waals surface area contributed by atoms with E-state index in [9.17, 15) is 13.2 Å². The van der Waals surface area contributed by atoms with Crippen molar-refractivity contribution in [1.29, 1.82) is 0 Å². The summed E-state index contributed by atoms with van der Waals surface area (Å²) in [6.45, 7) is 0. The molecular weight excluding hydrogens is 468 g/mol. The Morgan fingerprint density at radius 3 is 1.58 bits per heavy atom. The molecule has 0 aromatic heterocycles. The second-order valence-corrected chi connectivity index (χ2v) is 10.5. The molecule has 0 saturated heterocycles. The van der Waals surface area contributed by atoms with Gasteiger partial charge >= 0.3 is 0 Å². The lowest BCUT2D eigenvalue weighted by Crippen LogP contribution is -2.48. The van der Waals surface area contributed by atoms with E-state index in [4.69, 9.17) is 0 Å². The van der Waals surface area contributed by atoms with Crippen LogP contribution < -0.4 is 10.0 Å². The highest BCUT2D eigenvalue weighted by atomic mass is 32.2. The van der Waals surface area contributed by atoms with E-state index in [1.807, 2.05) is 97.1 Å². The van der Waals surface area contributed by atoms with Crippen LogP contribution in [0.2, 0.25) is 0 Å². The summed E-state index contributed by atoms with van der Waals surface area (Å²) in [5.41, 5.74) is 3.55. The maximum atomic E-state index is 13.6. The normalized spacial score (nSPS) is 12.2. The zero-order chi connectivity index (χ0) is 25.2. The fourth-order valence-electron chi connectivity index (χ4n) is 4.14. The van der Waals surface area contributed by atoms with E-state index in [1.165, 1.54) is 0 Å². The van der Waals surface area contributed by atoms with Crippen molar-refractivity contribution >= 4 is 15.9 Å². The molecule has 4 rings (SSSR count). The molecular formula is C30H30N2O3S. The van der Waals surface area contributed by atoms with Gasteiger partial charge in [-0.25, -0.2) is 13.1 Å². The molecule has 0 spiro atoms. The van der Waals surface area contributed by atoms with Crippen molar-refractivity contribution in [2.45, 2.75) is 30.7 Å². The van der Waals surface area contributed by atoms with Gasteiger partial charge in [0.2, 0.25) is 15.9 Å². The lowest BCUT2D eigenvalue weighted by atomic mass is 9.98. The standard InChI is InChI=1S/C30H30N2O3S/c33-30(31-29(26-17-9-3-10-18-26)27-19-11-4-12-20-27)28(22-21-24-13-5-1-6-14-24)32-36(34,35)23-25-15-7-2-8-16-25/h1-20,28-29,32H,21-23H2,(H,31,33). The second kappa shape index (κ2) is 12.3. The van der Waals surface area contributed by atoms with Crippen LogP contribution in [-0.2, 0) is 27.0 Å². The Morgan fingerprint density at radius 1 is 0.639 bits per heavy atom. The van der Waals surface area contributed by atoms with Gasteiger partial charge in [0, 0.05) is 0 Å². The van der Waals surface area contributed by atoms with E-state index in [0.717, 1.165) is 16.7 Å². The van der Waals surface area contributed by atoms with Gasteiger partial charge < -0.3 is 5.32 Å². The Hall–Kier alpha value is -3.74. The molecule has 1 unspecified atom stereocenters. The van der Waals surface area contributed by atoms with Crippen LogP contribution in [0.15, 0.2) is 121 Å². The zero-order valence-corrected chi connectivity index (χ0v) is 20.8. The highest BCUT2D eigenvalue weighted by Gasteiger charge is 2.27. The first-order valence-corrected chi connectivity index (χ1v) is 13.6. The Kier molecular flexibility index (Phi) is 8.66. The fraction of sp³-hybridized carbons (Fsp3) is 0.167. The highest BCUT2D eigenvalue weighted by Crippen LogP contribution is 2.22. The average Bonchev–Trinajstić information content (AvgIpc) is 2.91. The van der Waals surface area contributed by atoms with Crippen LogP contribution in [0.1, 0.15) is 34.7 Å². The van der Waals surface area contributed by atoms with Crippen molar-refractivity contribution in [3.63, 3.8) is 0 Å². The maximum Gasteiger partial charge on any atom is 0.238 e. The molecule has 0 radical (unpaired) electrons. The van der Waals surface area contributed by atoms with E-state index in [2.05, 4.69) is 10.0 Å². The molecule has 1 amide bonds. The van der Waals surface area contributed by atoms with Gasteiger partial charge in [0.25, 0.3) is 0 Å². The third kappa shape index (κ3) is 7.38. The molecule has 1 atom stereocenters. The quantitative estimate of drug-likeness (QED) is 0.305. The fourth-order valence-corrected chi connectivity index (χ4v) is 5.52. The number of rotatable bonds is 11. The predicted octanol–water partition coefficient (Wildman–Crippen LogP) is 5.01. The van der Waals surface area contributed by atoms with Crippen LogP contribution in [0.5, 0.6) is 0 Å². The van der Waals surface area contributed by atoms with Gasteiger partial charge in [-0.15, -0.1) is 0 Å². The van der Waals surface area contributed by atoms with E-state index in [-0.39, 0.29) is 11.7 Å². The molecule has 0 heterocycles. The molecule has 2 N–H and O–H groups in total. The lowest BCUT2D eigenvalue weighted by molar-refractivity contribution is -0.123. The summed E-state index contributed by atoms with van der Waals surface area (Å²) in [7, 11) is -3.76. The largest absolute Gasteiger partial charge is 0.344 e. The molecule has 36 heavy (non-hydrogen) atoms. The summed E-state index contributed by atoms with van der Waals surface area (Å²) in [5, 5.41) is 3.11. The molecule has 6 heteroatoms. The maximum absolute atomic E-state index is 13.6. The van der Waals surface area contributed by atoms with Crippen molar-refractivity contribution < 1.29 is 13.2 Å². The minimum Gasteiger partial charge on any atom is -0.344 e. The smallest absolute Gasteiger partial charge is 0.238 e. The van der Waals surface area contributed by atoms with Crippen molar-refractivity contribution in [3.8, 4) is 0 Å². The van der Waals surface area contributed by atoms with Gasteiger partial charge in [-0.3, -0.25) is 4.79 Å². The average molecular weight is 499 g/mol. The number of amides is 1. The van der Waals surface area contributed by atoms with Crippen LogP contribution in [0.25, 0.3) is 0 Å². The minimum absolute atomic E-state index is 0.191. The Labute approximate surface area is 213 Å². The summed E-state index contributed by atoms with van der Waals surface area (Å²) < 4.78 is 28.8. The highest BCUT2D eigenvalue weighted by molar-refractivity contribution is 7.88. The van der Waals surface area contributed by atoms with Gasteiger partial charge in [0.05, 0.1) is 11.8 Å². The van der Waals surface area contributed by atoms with Gasteiger partial charge in [0.15, 0.2) is 0 Å². The number of carbonyl (C=O) groups is 1. The topological polar surface area (TPSA) is 75.3 Å². The van der Waals surface area contributed by atoms with Crippen molar-refractivity contribution in [2.75, 3.05) is 0 Å². The van der Waals surface area contributed by atoms with Gasteiger partial charge in [-0.2, -0.15) is 0 Å². The van der Waals surface area contributed by atoms with Gasteiger partial charge in [-0.1, -0.05) is 121 Å². The van der Waals surface area contributed by atoms with Crippen LogP contribution in [0.4, 0.5) is 0 Å². The molecule has 5 nitrogen and oxygen atoms in total. The van der Waals surface area contributed by atoms with E-state index < -0.39 is 22.1 Å². The molecule has 0 aliphatic carbocycles. The molecule has 4 aromatic carbocycles. The number of carbonyl (C=O) groups excluding carboxylic acids is 1. The van der Waals surface area contributed by atoms with Crippen LogP contribution >= 0.6 is 0 Å². The van der Waals surface area contributed by atoms with Gasteiger partial charge in [0.1, 0.15) is 6.04 Å². The summed E-state index contributed by atoms with van der Waals surface area (Å²) >= 11 is 0. The molecule has 0 fully saturated rings. The number of nitrogens with one attached hydrogen (secondary N) is 2. The van der Waals surface area contributed by atoms with Crippen LogP contribution in [0.3, 0.4) is 0 Å². The van der Waals surface area contributed by atoms with E-state index >= 15 is 0 Å². The van der Waals surface area contributed by atoms with Crippen molar-refractivity contribution in [3.05, 3.63) is 144 Å². The minimum atomic E-state index is -3.76. The lowest BCUT2D eigenvalue weighted by Gasteiger charge is -2.24. The Morgan fingerprint density at radius 2 is 1.08 bits per heavy atom. The number of hydrogen-bond donors (Lipinski definition) is 2. The Balaban J connectivity index is 1.57. The summed E-state index contributed by atoms with van der Waals surface area (Å²) in [6, 6.07) is 36.8. The number of benzene rings is 4. The molecule has 0 saturated carbocycles. The van der Waals surface area contributed by atoms with Crippen molar-refractivity contribution in [1.82, 2.24) is 10.0 Å². The first kappa shape index (κ1) is 25.4. The SMILES string of the molecule is O=C(NC(c1ccccc1)c1ccccc1)C(CCc1ccccc1)NS(=O)(=O)Cc1ccccc1. The molecule has 184 valence electrons. The Bertz CT molecular complexity index is 1290. The molecule has 0 aliphatic rings. The number of aryl methyl sites for hydroxylation is 1. The van der Waals surface area contributed by atoms with Gasteiger partial charge in [-0.05, 0) is 35.1 Å². The third-order valence-corrected chi connectivity index (χ3v) is 7.31. The first-order chi connectivity index (χ1) is 17.5. The molecule has 0 bridgehead atoms. The zero-order valence-electron chi connectivity index (χ0n) is 20.0. The van der Waals surface area contributed by atoms with Crippen LogP contribution in [0, 0.1) is 0 Å².